The highest BCUT2D eigenvalue weighted by molar-refractivity contribution is 7.13. The normalized spacial score (nSPS) is 20.4. The molecule has 0 radical (unpaired) electrons. The van der Waals surface area contributed by atoms with Gasteiger partial charge in [-0.1, -0.05) is 42.4 Å². The number of nitriles is 1. The zero-order chi connectivity index (χ0) is 25.8. The number of ether oxygens (including phenoxy) is 1. The first kappa shape index (κ1) is 25.8. The van der Waals surface area contributed by atoms with E-state index < -0.39 is 5.41 Å². The second-order valence-electron chi connectivity index (χ2n) is 11.3. The fourth-order valence-corrected chi connectivity index (χ4v) is 6.47. The molecular formula is C30H36N4O2S. The monoisotopic (exact) mass is 516 g/mol. The summed E-state index contributed by atoms with van der Waals surface area (Å²) in [6, 6.07) is 12.1. The number of benzene rings is 1. The van der Waals surface area contributed by atoms with Gasteiger partial charge in [0.25, 0.3) is 5.19 Å². The van der Waals surface area contributed by atoms with Crippen LogP contribution in [0, 0.1) is 28.6 Å². The summed E-state index contributed by atoms with van der Waals surface area (Å²) in [7, 11) is 0. The highest BCUT2D eigenvalue weighted by Gasteiger charge is 2.27. The van der Waals surface area contributed by atoms with Gasteiger partial charge in [-0.3, -0.25) is 14.7 Å². The Balaban J connectivity index is 1.06. The topological polar surface area (TPSA) is 79.1 Å². The summed E-state index contributed by atoms with van der Waals surface area (Å²) in [6.07, 6.45) is 9.41. The van der Waals surface area contributed by atoms with Crippen molar-refractivity contribution in [2.24, 2.45) is 17.3 Å². The number of hydrogen-bond acceptors (Lipinski definition) is 7. The molecule has 0 N–H and O–H groups in total. The van der Waals surface area contributed by atoms with Gasteiger partial charge in [0.1, 0.15) is 6.61 Å². The van der Waals surface area contributed by atoms with Crippen molar-refractivity contribution in [3.05, 3.63) is 52.7 Å². The van der Waals surface area contributed by atoms with Gasteiger partial charge in [0.05, 0.1) is 22.7 Å². The second kappa shape index (κ2) is 11.3. The first-order valence-corrected chi connectivity index (χ1v) is 14.3. The van der Waals surface area contributed by atoms with Crippen LogP contribution in [0.2, 0.25) is 0 Å². The van der Waals surface area contributed by atoms with Crippen LogP contribution in [0.4, 0.5) is 0 Å². The van der Waals surface area contributed by atoms with Crippen LogP contribution in [0.25, 0.3) is 10.9 Å². The molecule has 0 spiro atoms. The molecule has 194 valence electrons. The van der Waals surface area contributed by atoms with Crippen LogP contribution in [0.15, 0.2) is 36.5 Å². The predicted octanol–water partition coefficient (Wildman–Crippen LogP) is 6.45. The summed E-state index contributed by atoms with van der Waals surface area (Å²) in [5.41, 5.74) is 2.36. The Bertz CT molecular complexity index is 1280. The van der Waals surface area contributed by atoms with Crippen LogP contribution < -0.4 is 4.74 Å². The van der Waals surface area contributed by atoms with Gasteiger partial charge in [-0.15, -0.1) is 0 Å². The average molecular weight is 517 g/mol. The molecule has 1 aliphatic heterocycles. The fourth-order valence-electron chi connectivity index (χ4n) is 5.56. The number of aromatic nitrogens is 2. The van der Waals surface area contributed by atoms with Crippen molar-refractivity contribution in [1.82, 2.24) is 14.9 Å². The summed E-state index contributed by atoms with van der Waals surface area (Å²) in [5, 5.41) is 10.9. The van der Waals surface area contributed by atoms with Crippen LogP contribution in [-0.2, 0) is 13.0 Å². The lowest BCUT2D eigenvalue weighted by Gasteiger charge is -2.31. The third-order valence-corrected chi connectivity index (χ3v) is 8.96. The van der Waals surface area contributed by atoms with E-state index in [1.807, 2.05) is 44.2 Å². The smallest absolute Gasteiger partial charge is 0.273 e. The molecule has 1 saturated carbocycles. The number of rotatable bonds is 9. The number of nitrogens with zero attached hydrogens (tertiary/aromatic N) is 4. The van der Waals surface area contributed by atoms with Crippen molar-refractivity contribution in [2.75, 3.05) is 19.7 Å². The zero-order valence-corrected chi connectivity index (χ0v) is 22.7. The maximum atomic E-state index is 13.1. The molecule has 1 aromatic carbocycles. The molecule has 0 atom stereocenters. The minimum Gasteiger partial charge on any atom is -0.468 e. The molecule has 2 aliphatic rings. The van der Waals surface area contributed by atoms with Gasteiger partial charge >= 0.3 is 0 Å². The van der Waals surface area contributed by atoms with Crippen LogP contribution in [0.1, 0.15) is 73.3 Å². The van der Waals surface area contributed by atoms with Crippen molar-refractivity contribution in [3.63, 3.8) is 0 Å². The van der Waals surface area contributed by atoms with Gasteiger partial charge in [0.2, 0.25) is 0 Å². The van der Waals surface area contributed by atoms with E-state index in [4.69, 9.17) is 9.72 Å². The third kappa shape index (κ3) is 6.37. The lowest BCUT2D eigenvalue weighted by molar-refractivity contribution is 0.0941. The van der Waals surface area contributed by atoms with E-state index in [0.717, 1.165) is 67.0 Å². The number of Topliss-reactive ketones (excluding diaryl/α,β-unsaturated/α-hetero) is 1. The van der Waals surface area contributed by atoms with E-state index in [0.29, 0.717) is 24.1 Å². The standard InChI is InChI=1S/C30H36N4O2S/c1-30(2,19-31)20-36-29-33-26-18-34(16-13-28(26)37-29)15-12-21-8-10-22(11-9-21)17-27(35)24-5-3-7-25-23(24)6-4-14-32-25/h3-7,14,21-22H,8-13,15-18,20H2,1-2H3. The van der Waals surface area contributed by atoms with Gasteiger partial charge in [0.15, 0.2) is 5.78 Å². The minimum absolute atomic E-state index is 0.258. The van der Waals surface area contributed by atoms with Crippen LogP contribution in [0.3, 0.4) is 0 Å². The molecule has 6 nitrogen and oxygen atoms in total. The van der Waals surface area contributed by atoms with Crippen molar-refractivity contribution < 1.29 is 9.53 Å². The number of ketones is 1. The third-order valence-electron chi connectivity index (χ3n) is 7.89. The second-order valence-corrected chi connectivity index (χ2v) is 12.4. The molecule has 2 aromatic heterocycles. The Morgan fingerprint density at radius 1 is 1.19 bits per heavy atom. The predicted molar refractivity (Wildman–Crippen MR) is 147 cm³/mol. The van der Waals surface area contributed by atoms with Crippen LogP contribution in [-0.4, -0.2) is 40.3 Å². The molecule has 37 heavy (non-hydrogen) atoms. The molecule has 7 heteroatoms. The minimum atomic E-state index is -0.502. The number of carbonyl (C=O) groups excluding carboxylic acids is 1. The molecule has 0 unspecified atom stereocenters. The SMILES string of the molecule is CC(C)(C#N)COc1nc2c(s1)CCN(CCC1CCC(CC(=O)c3cccc4ncccc34)CC1)C2. The molecule has 1 aliphatic carbocycles. The number of thiazole rings is 1. The van der Waals surface area contributed by atoms with E-state index in [9.17, 15) is 10.1 Å². The van der Waals surface area contributed by atoms with Gasteiger partial charge in [-0.25, -0.2) is 4.98 Å². The Morgan fingerprint density at radius 2 is 2.00 bits per heavy atom. The Hall–Kier alpha value is -2.82. The van der Waals surface area contributed by atoms with Gasteiger partial charge in [-0.2, -0.15) is 5.26 Å². The maximum absolute atomic E-state index is 13.1. The maximum Gasteiger partial charge on any atom is 0.273 e. The highest BCUT2D eigenvalue weighted by atomic mass is 32.1. The van der Waals surface area contributed by atoms with Gasteiger partial charge in [-0.05, 0) is 70.0 Å². The van der Waals surface area contributed by atoms with Crippen LogP contribution >= 0.6 is 11.3 Å². The molecular weight excluding hydrogens is 480 g/mol. The number of pyridine rings is 1. The highest BCUT2D eigenvalue weighted by Crippen LogP contribution is 2.35. The van der Waals surface area contributed by atoms with Crippen molar-refractivity contribution in [3.8, 4) is 11.3 Å². The molecule has 3 aromatic rings. The van der Waals surface area contributed by atoms with Crippen molar-refractivity contribution >= 4 is 28.0 Å². The summed E-state index contributed by atoms with van der Waals surface area (Å²) >= 11 is 1.64. The summed E-state index contributed by atoms with van der Waals surface area (Å²) < 4.78 is 5.83. The number of carbonyl (C=O) groups is 1. The van der Waals surface area contributed by atoms with E-state index in [1.165, 1.54) is 24.1 Å². The first-order chi connectivity index (χ1) is 17.9. The zero-order valence-electron chi connectivity index (χ0n) is 21.9. The molecule has 5 rings (SSSR count). The average Bonchev–Trinajstić information content (AvgIpc) is 3.33. The molecule has 3 heterocycles. The lowest BCUT2D eigenvalue weighted by atomic mass is 9.78. The van der Waals surface area contributed by atoms with E-state index in [2.05, 4.69) is 16.0 Å². The molecule has 0 saturated heterocycles. The fraction of sp³-hybridized carbons (Fsp3) is 0.533. The largest absolute Gasteiger partial charge is 0.468 e. The Kier molecular flexibility index (Phi) is 7.87. The molecule has 1 fully saturated rings. The van der Waals surface area contributed by atoms with Crippen molar-refractivity contribution in [1.29, 1.82) is 5.26 Å². The van der Waals surface area contributed by atoms with E-state index in [-0.39, 0.29) is 5.78 Å². The van der Waals surface area contributed by atoms with Gasteiger partial charge in [0, 0.05) is 41.5 Å². The van der Waals surface area contributed by atoms with Gasteiger partial charge < -0.3 is 4.74 Å². The number of fused-ring (bicyclic) bond motifs is 2. The molecule has 0 bridgehead atoms. The van der Waals surface area contributed by atoms with E-state index in [1.54, 1.807) is 17.5 Å². The molecule has 0 amide bonds. The van der Waals surface area contributed by atoms with Crippen LogP contribution in [0.5, 0.6) is 5.19 Å². The van der Waals surface area contributed by atoms with Crippen molar-refractivity contribution in [2.45, 2.75) is 65.3 Å². The van der Waals surface area contributed by atoms with E-state index >= 15 is 0 Å². The quantitative estimate of drug-likeness (QED) is 0.304. The lowest BCUT2D eigenvalue weighted by Crippen LogP contribution is -2.32. The summed E-state index contributed by atoms with van der Waals surface area (Å²) in [5.74, 6) is 1.50. The Labute approximate surface area is 223 Å². The first-order valence-electron chi connectivity index (χ1n) is 13.5. The summed E-state index contributed by atoms with van der Waals surface area (Å²) in [6.45, 7) is 7.20. The Morgan fingerprint density at radius 3 is 2.81 bits per heavy atom. The number of hydrogen-bond donors (Lipinski definition) is 0. The summed E-state index contributed by atoms with van der Waals surface area (Å²) in [4.78, 5) is 26.1.